The Bertz CT molecular complexity index is 253. The van der Waals surface area contributed by atoms with E-state index < -0.39 is 0 Å². The van der Waals surface area contributed by atoms with Crippen molar-refractivity contribution in [2.45, 2.75) is 6.42 Å². The van der Waals surface area contributed by atoms with Crippen molar-refractivity contribution < 1.29 is 4.79 Å². The molecule has 13 heavy (non-hydrogen) atoms. The van der Waals surface area contributed by atoms with Gasteiger partial charge in [0.05, 0.1) is 0 Å². The second-order valence-corrected chi connectivity index (χ2v) is 2.32. The molecule has 0 bridgehead atoms. The lowest BCUT2D eigenvalue weighted by Crippen LogP contribution is -2.15. The Kier molecular flexibility index (Phi) is 5.84. The van der Waals surface area contributed by atoms with Crippen LogP contribution in [0.4, 0.5) is 5.69 Å². The molecule has 72 valence electrons. The smallest absolute Gasteiger partial charge is 0.225 e. The van der Waals surface area contributed by atoms with Gasteiger partial charge in [-0.25, -0.2) is 0 Å². The van der Waals surface area contributed by atoms with Gasteiger partial charge in [0.15, 0.2) is 0 Å². The van der Waals surface area contributed by atoms with Gasteiger partial charge in [0.25, 0.3) is 0 Å². The van der Waals surface area contributed by atoms with Crippen molar-refractivity contribution in [3.8, 4) is 0 Å². The number of carbonyl (C=O) groups excluding carboxylic acids is 1. The number of carbonyl (C=O) groups is 1. The fourth-order valence-electron chi connectivity index (χ4n) is 0.790. The van der Waals surface area contributed by atoms with Crippen molar-refractivity contribution in [3.63, 3.8) is 0 Å². The van der Waals surface area contributed by atoms with Crippen LogP contribution in [0.3, 0.4) is 0 Å². The summed E-state index contributed by atoms with van der Waals surface area (Å²) in [6.07, 6.45) is 3.60. The number of nitrogens with zero attached hydrogens (tertiary/aromatic N) is 1. The molecule has 1 rings (SSSR count). The maximum atomic E-state index is 11.0. The third-order valence-electron chi connectivity index (χ3n) is 1.34. The van der Waals surface area contributed by atoms with Crippen LogP contribution in [0.2, 0.25) is 0 Å². The monoisotopic (exact) mass is 201 g/mol. The lowest BCUT2D eigenvalue weighted by Gasteiger charge is -2.01. The summed E-state index contributed by atoms with van der Waals surface area (Å²) in [6, 6.07) is 3.46. The number of rotatable bonds is 3. The lowest BCUT2D eigenvalue weighted by molar-refractivity contribution is -0.116. The average Bonchev–Trinajstić information content (AvgIpc) is 2.06. The summed E-state index contributed by atoms with van der Waals surface area (Å²) < 4.78 is 0. The van der Waals surface area contributed by atoms with E-state index in [9.17, 15) is 4.79 Å². The Labute approximate surface area is 83.0 Å². The summed E-state index contributed by atoms with van der Waals surface area (Å²) in [6.45, 7) is 0.372. The highest BCUT2D eigenvalue weighted by atomic mass is 35.5. The quantitative estimate of drug-likeness (QED) is 0.760. The molecule has 0 aliphatic carbocycles. The van der Waals surface area contributed by atoms with E-state index >= 15 is 0 Å². The molecule has 0 saturated carbocycles. The largest absolute Gasteiger partial charge is 0.330 e. The van der Waals surface area contributed by atoms with Gasteiger partial charge in [-0.1, -0.05) is 0 Å². The minimum atomic E-state index is -0.0660. The van der Waals surface area contributed by atoms with Crippen LogP contribution in [0, 0.1) is 0 Å². The highest BCUT2D eigenvalue weighted by Gasteiger charge is 1.98. The molecular formula is C8H12ClN3O. The molecule has 0 aliphatic heterocycles. The Morgan fingerprint density at radius 2 is 2.08 bits per heavy atom. The summed E-state index contributed by atoms with van der Waals surface area (Å²) >= 11 is 0. The molecule has 1 aromatic rings. The van der Waals surface area contributed by atoms with E-state index in [4.69, 9.17) is 5.73 Å². The standard InChI is InChI=1S/C8H11N3O.ClH/c9-4-1-8(12)11-7-2-5-10-6-3-7;/h2-3,5-6H,1,4,9H2,(H,10,11,12);1H. The molecule has 0 spiro atoms. The topological polar surface area (TPSA) is 68.0 Å². The first-order chi connectivity index (χ1) is 5.83. The van der Waals surface area contributed by atoms with E-state index in [0.717, 1.165) is 5.69 Å². The number of anilines is 1. The zero-order valence-electron chi connectivity index (χ0n) is 7.06. The zero-order valence-corrected chi connectivity index (χ0v) is 7.88. The third kappa shape index (κ3) is 4.45. The molecule has 0 aliphatic rings. The van der Waals surface area contributed by atoms with Crippen LogP contribution < -0.4 is 11.1 Å². The van der Waals surface area contributed by atoms with Crippen LogP contribution in [-0.4, -0.2) is 17.4 Å². The summed E-state index contributed by atoms with van der Waals surface area (Å²) in [5.41, 5.74) is 5.96. The molecule has 0 fully saturated rings. The van der Waals surface area contributed by atoms with Gasteiger partial charge >= 0.3 is 0 Å². The molecule has 0 atom stereocenters. The van der Waals surface area contributed by atoms with Crippen molar-refractivity contribution >= 4 is 24.0 Å². The highest BCUT2D eigenvalue weighted by molar-refractivity contribution is 5.90. The summed E-state index contributed by atoms with van der Waals surface area (Å²) in [7, 11) is 0. The Morgan fingerprint density at radius 3 is 2.62 bits per heavy atom. The second-order valence-electron chi connectivity index (χ2n) is 2.32. The first-order valence-corrected chi connectivity index (χ1v) is 3.73. The fourth-order valence-corrected chi connectivity index (χ4v) is 0.790. The van der Waals surface area contributed by atoms with Gasteiger partial charge in [0.2, 0.25) is 5.91 Å². The van der Waals surface area contributed by atoms with Gasteiger partial charge in [0, 0.05) is 31.0 Å². The number of nitrogens with two attached hydrogens (primary N) is 1. The van der Waals surface area contributed by atoms with Crippen LogP contribution in [0.25, 0.3) is 0 Å². The van der Waals surface area contributed by atoms with E-state index in [2.05, 4.69) is 10.3 Å². The lowest BCUT2D eigenvalue weighted by atomic mass is 10.3. The Hall–Kier alpha value is -1.13. The van der Waals surface area contributed by atoms with Gasteiger partial charge in [-0.15, -0.1) is 12.4 Å². The predicted octanol–water partition coefficient (Wildman–Crippen LogP) is 0.791. The molecule has 1 amide bonds. The molecular weight excluding hydrogens is 190 g/mol. The molecule has 3 N–H and O–H groups in total. The summed E-state index contributed by atoms with van der Waals surface area (Å²) in [5, 5.41) is 2.68. The minimum absolute atomic E-state index is 0. The van der Waals surface area contributed by atoms with Crippen LogP contribution in [-0.2, 0) is 4.79 Å². The molecule has 0 unspecified atom stereocenters. The molecule has 1 heterocycles. The van der Waals surface area contributed by atoms with Gasteiger partial charge in [-0.2, -0.15) is 0 Å². The minimum Gasteiger partial charge on any atom is -0.330 e. The fraction of sp³-hybridized carbons (Fsp3) is 0.250. The van der Waals surface area contributed by atoms with Gasteiger partial charge < -0.3 is 11.1 Å². The number of hydrogen-bond acceptors (Lipinski definition) is 3. The number of halogens is 1. The van der Waals surface area contributed by atoms with Gasteiger partial charge in [-0.3, -0.25) is 9.78 Å². The van der Waals surface area contributed by atoms with Crippen LogP contribution in [0.1, 0.15) is 6.42 Å². The van der Waals surface area contributed by atoms with E-state index in [1.54, 1.807) is 24.5 Å². The molecule has 5 heteroatoms. The van der Waals surface area contributed by atoms with Gasteiger partial charge in [0.1, 0.15) is 0 Å². The van der Waals surface area contributed by atoms with Crippen molar-refractivity contribution in [1.82, 2.24) is 4.98 Å². The maximum Gasteiger partial charge on any atom is 0.225 e. The second kappa shape index (κ2) is 6.39. The molecule has 1 aromatic heterocycles. The van der Waals surface area contributed by atoms with Gasteiger partial charge in [-0.05, 0) is 12.1 Å². The average molecular weight is 202 g/mol. The molecule has 0 radical (unpaired) electrons. The van der Waals surface area contributed by atoms with Crippen LogP contribution in [0.15, 0.2) is 24.5 Å². The van der Waals surface area contributed by atoms with Crippen molar-refractivity contribution in [3.05, 3.63) is 24.5 Å². The molecule has 4 nitrogen and oxygen atoms in total. The normalized spacial score (nSPS) is 8.69. The Balaban J connectivity index is 0.00000144. The SMILES string of the molecule is Cl.NCCC(=O)Nc1ccncc1. The molecule has 0 aromatic carbocycles. The number of hydrogen-bond donors (Lipinski definition) is 2. The zero-order chi connectivity index (χ0) is 8.81. The van der Waals surface area contributed by atoms with E-state index in [1.807, 2.05) is 0 Å². The van der Waals surface area contributed by atoms with E-state index in [1.165, 1.54) is 0 Å². The number of amides is 1. The number of nitrogens with one attached hydrogen (secondary N) is 1. The van der Waals surface area contributed by atoms with E-state index in [-0.39, 0.29) is 18.3 Å². The van der Waals surface area contributed by atoms with E-state index in [0.29, 0.717) is 13.0 Å². The van der Waals surface area contributed by atoms with Crippen molar-refractivity contribution in [2.24, 2.45) is 5.73 Å². The predicted molar refractivity (Wildman–Crippen MR) is 53.8 cm³/mol. The van der Waals surface area contributed by atoms with Crippen LogP contribution in [0.5, 0.6) is 0 Å². The summed E-state index contributed by atoms with van der Waals surface area (Å²) in [4.78, 5) is 14.8. The number of pyridine rings is 1. The Morgan fingerprint density at radius 1 is 1.46 bits per heavy atom. The first kappa shape index (κ1) is 11.9. The van der Waals surface area contributed by atoms with Crippen molar-refractivity contribution in [1.29, 1.82) is 0 Å². The maximum absolute atomic E-state index is 11.0. The van der Waals surface area contributed by atoms with Crippen LogP contribution >= 0.6 is 12.4 Å². The van der Waals surface area contributed by atoms with Crippen molar-refractivity contribution in [2.75, 3.05) is 11.9 Å². The molecule has 0 saturated heterocycles. The number of aromatic nitrogens is 1. The highest BCUT2D eigenvalue weighted by Crippen LogP contribution is 2.02. The first-order valence-electron chi connectivity index (χ1n) is 3.73. The summed E-state index contributed by atoms with van der Waals surface area (Å²) in [5.74, 6) is -0.0660. The third-order valence-corrected chi connectivity index (χ3v) is 1.34.